The molecule has 0 amide bonds. The summed E-state index contributed by atoms with van der Waals surface area (Å²) >= 11 is 0. The quantitative estimate of drug-likeness (QED) is 0.567. The molecule has 0 saturated heterocycles. The Labute approximate surface area is 182 Å². The van der Waals surface area contributed by atoms with E-state index in [-0.39, 0.29) is 22.9 Å². The van der Waals surface area contributed by atoms with Gasteiger partial charge in [0.25, 0.3) is 0 Å². The molecule has 8 nitrogen and oxygen atoms in total. The Hall–Kier alpha value is -2.82. The summed E-state index contributed by atoms with van der Waals surface area (Å²) in [5.41, 5.74) is 3.00. The van der Waals surface area contributed by atoms with Gasteiger partial charge in [-0.25, -0.2) is 26.8 Å². The fraction of sp³-hybridized carbons (Fsp3) is 0.238. The first-order chi connectivity index (χ1) is 14.8. The van der Waals surface area contributed by atoms with Crippen LogP contribution in [0.5, 0.6) is 0 Å². The molecule has 0 aliphatic carbocycles. The highest BCUT2D eigenvalue weighted by Gasteiger charge is 2.36. The van der Waals surface area contributed by atoms with Crippen molar-refractivity contribution in [3.05, 3.63) is 65.4 Å². The van der Waals surface area contributed by atoms with Gasteiger partial charge in [-0.2, -0.15) is 5.10 Å². The summed E-state index contributed by atoms with van der Waals surface area (Å²) in [4.78, 5) is 12.8. The molecule has 4 rings (SSSR count). The van der Waals surface area contributed by atoms with E-state index in [1.54, 1.807) is 42.1 Å². The van der Waals surface area contributed by atoms with Gasteiger partial charge in [0.05, 0.1) is 39.6 Å². The fourth-order valence-corrected chi connectivity index (χ4v) is 5.52. The molecule has 162 valence electrons. The summed E-state index contributed by atoms with van der Waals surface area (Å²) in [6.07, 6.45) is 1.56. The molecule has 1 aliphatic heterocycles. The van der Waals surface area contributed by atoms with Crippen LogP contribution in [0.1, 0.15) is 28.5 Å². The lowest BCUT2D eigenvalue weighted by Crippen LogP contribution is -2.16. The Morgan fingerprint density at radius 1 is 1.19 bits per heavy atom. The van der Waals surface area contributed by atoms with Gasteiger partial charge in [0.15, 0.2) is 15.5 Å². The lowest BCUT2D eigenvalue weighted by Gasteiger charge is -2.19. The highest BCUT2D eigenvalue weighted by Crippen LogP contribution is 2.40. The predicted octanol–water partition coefficient (Wildman–Crippen LogP) is 2.39. The highest BCUT2D eigenvalue weighted by atomic mass is 32.2. The summed E-state index contributed by atoms with van der Waals surface area (Å²) in [6, 6.07) is 14.1. The third kappa shape index (κ3) is 4.06. The zero-order valence-corrected chi connectivity index (χ0v) is 18.6. The maximum atomic E-state index is 12.9. The number of nitrogens with zero attached hydrogens (tertiary/aromatic N) is 2. The molecule has 1 atom stereocenters. The van der Waals surface area contributed by atoms with Gasteiger partial charge in [-0.15, -0.1) is 0 Å². The van der Waals surface area contributed by atoms with Crippen molar-refractivity contribution in [2.45, 2.75) is 24.1 Å². The molecule has 1 aromatic heterocycles. The molecule has 0 bridgehead atoms. The lowest BCUT2D eigenvalue weighted by atomic mass is 10.1. The molecule has 1 unspecified atom stereocenters. The molecule has 1 aliphatic rings. The molecule has 0 radical (unpaired) electrons. The van der Waals surface area contributed by atoms with E-state index in [0.717, 1.165) is 5.56 Å². The molecule has 10 heteroatoms. The third-order valence-electron chi connectivity index (χ3n) is 4.92. The number of rotatable bonds is 6. The number of esters is 1. The van der Waals surface area contributed by atoms with Crippen LogP contribution in [0.2, 0.25) is 0 Å². The minimum atomic E-state index is -3.62. The van der Waals surface area contributed by atoms with Crippen molar-refractivity contribution in [2.24, 2.45) is 0 Å². The third-order valence-corrected chi connectivity index (χ3v) is 7.17. The maximum Gasteiger partial charge on any atom is 0.359 e. The van der Waals surface area contributed by atoms with Gasteiger partial charge < -0.3 is 4.74 Å². The number of aromatic nitrogens is 2. The molecular weight excluding hydrogens is 438 g/mol. The maximum absolute atomic E-state index is 12.9. The zero-order valence-electron chi connectivity index (χ0n) is 17.0. The van der Waals surface area contributed by atoms with Crippen molar-refractivity contribution < 1.29 is 22.2 Å². The van der Waals surface area contributed by atoms with Gasteiger partial charge in [-0.1, -0.05) is 30.3 Å². The first-order valence-electron chi connectivity index (χ1n) is 9.59. The van der Waals surface area contributed by atoms with Gasteiger partial charge in [0.2, 0.25) is 0 Å². The van der Waals surface area contributed by atoms with Crippen LogP contribution < -0.4 is 4.72 Å². The van der Waals surface area contributed by atoms with Crippen LogP contribution in [0.25, 0.3) is 16.9 Å². The van der Waals surface area contributed by atoms with E-state index in [9.17, 15) is 17.4 Å². The van der Waals surface area contributed by atoms with Crippen molar-refractivity contribution in [1.82, 2.24) is 14.5 Å². The van der Waals surface area contributed by atoms with Crippen molar-refractivity contribution in [2.75, 3.05) is 12.9 Å². The molecule has 0 spiro atoms. The standard InChI is InChI=1S/C21H21N3O5S2/c1-3-29-21(25)19-17-13-31(27,28)18-7-5-4-6-16(18)20(17)24(23-19)15-10-8-14(9-11-15)12-22-30(2)26/h4-11,22H,3,12-13H2,1-2H3. The van der Waals surface area contributed by atoms with E-state index in [0.29, 0.717) is 29.1 Å². The van der Waals surface area contributed by atoms with E-state index >= 15 is 0 Å². The van der Waals surface area contributed by atoms with Gasteiger partial charge in [-0.3, -0.25) is 0 Å². The molecule has 0 fully saturated rings. The number of hydrogen-bond acceptors (Lipinski definition) is 6. The molecule has 0 saturated carbocycles. The average molecular weight is 460 g/mol. The summed E-state index contributed by atoms with van der Waals surface area (Å²) in [5.74, 6) is -0.976. The van der Waals surface area contributed by atoms with Crippen LogP contribution in [-0.2, 0) is 37.9 Å². The Kier molecular flexibility index (Phi) is 5.78. The summed E-state index contributed by atoms with van der Waals surface area (Å²) < 4.78 is 46.5. The Morgan fingerprint density at radius 3 is 2.58 bits per heavy atom. The number of carbonyl (C=O) groups excluding carboxylic acids is 1. The van der Waals surface area contributed by atoms with E-state index in [4.69, 9.17) is 4.74 Å². The van der Waals surface area contributed by atoms with E-state index < -0.39 is 26.8 Å². The van der Waals surface area contributed by atoms with E-state index in [2.05, 4.69) is 9.82 Å². The van der Waals surface area contributed by atoms with E-state index in [1.165, 1.54) is 0 Å². The first kappa shape index (κ1) is 21.4. The highest BCUT2D eigenvalue weighted by molar-refractivity contribution is 7.91. The van der Waals surface area contributed by atoms with Crippen LogP contribution in [0.4, 0.5) is 0 Å². The van der Waals surface area contributed by atoms with Gasteiger partial charge in [-0.05, 0) is 30.7 Å². The largest absolute Gasteiger partial charge is 0.461 e. The topological polar surface area (TPSA) is 107 Å². The minimum Gasteiger partial charge on any atom is -0.461 e. The molecule has 31 heavy (non-hydrogen) atoms. The smallest absolute Gasteiger partial charge is 0.359 e. The van der Waals surface area contributed by atoms with Gasteiger partial charge in [0, 0.05) is 23.9 Å². The number of fused-ring (bicyclic) bond motifs is 3. The molecule has 1 N–H and O–H groups in total. The minimum absolute atomic E-state index is 0.00190. The van der Waals surface area contributed by atoms with Crippen molar-refractivity contribution in [1.29, 1.82) is 0 Å². The summed E-state index contributed by atoms with van der Waals surface area (Å²) in [7, 11) is -4.74. The normalized spacial score (nSPS) is 15.0. The second-order valence-corrected chi connectivity index (χ2v) is 10.2. The number of nitrogens with one attached hydrogen (secondary N) is 1. The second-order valence-electron chi connectivity index (χ2n) is 7.00. The summed E-state index contributed by atoms with van der Waals surface area (Å²) in [6.45, 7) is 2.28. The lowest BCUT2D eigenvalue weighted by molar-refractivity contribution is 0.0518. The number of hydrogen-bond donors (Lipinski definition) is 1. The Balaban J connectivity index is 1.87. The predicted molar refractivity (Wildman–Crippen MR) is 117 cm³/mol. The number of sulfone groups is 1. The number of benzene rings is 2. The second kappa shape index (κ2) is 8.37. The van der Waals surface area contributed by atoms with Gasteiger partial charge >= 0.3 is 5.97 Å². The van der Waals surface area contributed by atoms with Crippen LogP contribution in [0.3, 0.4) is 0 Å². The van der Waals surface area contributed by atoms with E-state index in [1.807, 2.05) is 24.3 Å². The molecule has 2 heterocycles. The zero-order chi connectivity index (χ0) is 22.2. The Morgan fingerprint density at radius 2 is 1.90 bits per heavy atom. The summed E-state index contributed by atoms with van der Waals surface area (Å²) in [5, 5.41) is 4.46. The average Bonchev–Trinajstić information content (AvgIpc) is 3.11. The molecule has 2 aromatic carbocycles. The SMILES string of the molecule is CCOC(=O)c1nn(-c2ccc(CNS(C)=O)cc2)c2c1CS(=O)(=O)c1ccccc1-2. The van der Waals surface area contributed by atoms with Crippen LogP contribution >= 0.6 is 0 Å². The van der Waals surface area contributed by atoms with Crippen molar-refractivity contribution >= 4 is 26.8 Å². The van der Waals surface area contributed by atoms with Crippen LogP contribution in [0, 0.1) is 0 Å². The van der Waals surface area contributed by atoms with Gasteiger partial charge in [0.1, 0.15) is 0 Å². The monoisotopic (exact) mass is 459 g/mol. The number of carbonyl (C=O) groups is 1. The first-order valence-corrected chi connectivity index (χ1v) is 12.8. The van der Waals surface area contributed by atoms with Crippen LogP contribution in [-0.4, -0.2) is 41.2 Å². The van der Waals surface area contributed by atoms with Crippen molar-refractivity contribution in [3.63, 3.8) is 0 Å². The number of ether oxygens (including phenoxy) is 1. The van der Waals surface area contributed by atoms with Crippen molar-refractivity contribution in [3.8, 4) is 16.9 Å². The molecule has 3 aromatic rings. The van der Waals surface area contributed by atoms with Crippen LogP contribution in [0.15, 0.2) is 53.4 Å². The molecular formula is C21H21N3O5S2. The Bertz CT molecular complexity index is 1280. The fourth-order valence-electron chi connectivity index (χ4n) is 3.56.